The highest BCUT2D eigenvalue weighted by Gasteiger charge is 2.06. The molecule has 0 saturated heterocycles. The van der Waals surface area contributed by atoms with Crippen LogP contribution in [-0.4, -0.2) is 48.4 Å². The minimum absolute atomic E-state index is 0.254. The van der Waals surface area contributed by atoms with Crippen molar-refractivity contribution in [3.8, 4) is 0 Å². The molecule has 0 aromatic carbocycles. The van der Waals surface area contributed by atoms with Crippen LogP contribution >= 0.6 is 0 Å². The van der Waals surface area contributed by atoms with E-state index in [1.54, 1.807) is 5.23 Å². The SMILES string of the molecule is CCCCCCCCCCCCCN(OCCCCCO)OCCCCCO. The zero-order chi connectivity index (χ0) is 20.5. The molecule has 28 heavy (non-hydrogen) atoms. The lowest BCUT2D eigenvalue weighted by molar-refractivity contribution is -0.369. The van der Waals surface area contributed by atoms with Gasteiger partial charge in [-0.1, -0.05) is 76.4 Å². The molecule has 0 aromatic rings. The molecule has 0 aromatic heterocycles. The number of hydroxylamine groups is 2. The number of hydrogen-bond donors (Lipinski definition) is 2. The summed E-state index contributed by atoms with van der Waals surface area (Å²) in [5.41, 5.74) is 0. The Morgan fingerprint density at radius 2 is 0.893 bits per heavy atom. The van der Waals surface area contributed by atoms with Crippen molar-refractivity contribution < 1.29 is 19.9 Å². The molecule has 0 rings (SSSR count). The molecule has 0 amide bonds. The molecule has 0 aliphatic rings. The van der Waals surface area contributed by atoms with Crippen LogP contribution < -0.4 is 0 Å². The number of aliphatic hydroxyl groups is 2. The minimum Gasteiger partial charge on any atom is -0.396 e. The van der Waals surface area contributed by atoms with Gasteiger partial charge in [-0.2, -0.15) is 0 Å². The van der Waals surface area contributed by atoms with Gasteiger partial charge in [-0.3, -0.25) is 9.68 Å². The van der Waals surface area contributed by atoms with Gasteiger partial charge in [0, 0.05) is 13.2 Å². The first-order valence-corrected chi connectivity index (χ1v) is 12.1. The molecule has 5 heteroatoms. The topological polar surface area (TPSA) is 62.2 Å². The van der Waals surface area contributed by atoms with Crippen LogP contribution in [0.25, 0.3) is 0 Å². The molecule has 170 valence electrons. The van der Waals surface area contributed by atoms with Gasteiger partial charge in [-0.25, -0.2) is 0 Å². The highest BCUT2D eigenvalue weighted by atomic mass is 16.9. The van der Waals surface area contributed by atoms with Crippen molar-refractivity contribution in [2.24, 2.45) is 0 Å². The first-order valence-electron chi connectivity index (χ1n) is 12.1. The predicted octanol–water partition coefficient (Wildman–Crippen LogP) is 5.79. The lowest BCUT2D eigenvalue weighted by Gasteiger charge is -2.21. The fourth-order valence-corrected chi connectivity index (χ4v) is 3.19. The summed E-state index contributed by atoms with van der Waals surface area (Å²) in [6.07, 6.45) is 20.2. The standard InChI is InChI=1S/C23H49NO4/c1-2-3-4-5-6-7-8-9-10-11-14-19-24(27-22-17-12-15-20-25)28-23-18-13-16-21-26/h25-26H,2-23H2,1H3. The summed E-state index contributed by atoms with van der Waals surface area (Å²) in [5.74, 6) is 0. The van der Waals surface area contributed by atoms with Gasteiger partial charge in [0.1, 0.15) is 0 Å². The van der Waals surface area contributed by atoms with E-state index in [-0.39, 0.29) is 13.2 Å². The lowest BCUT2D eigenvalue weighted by Crippen LogP contribution is -2.27. The highest BCUT2D eigenvalue weighted by Crippen LogP contribution is 2.12. The summed E-state index contributed by atoms with van der Waals surface area (Å²) < 4.78 is 0. The second-order valence-corrected chi connectivity index (χ2v) is 7.83. The summed E-state index contributed by atoms with van der Waals surface area (Å²) in [7, 11) is 0. The van der Waals surface area contributed by atoms with E-state index >= 15 is 0 Å². The summed E-state index contributed by atoms with van der Waals surface area (Å²) >= 11 is 0. The Morgan fingerprint density at radius 3 is 1.32 bits per heavy atom. The molecule has 0 atom stereocenters. The van der Waals surface area contributed by atoms with Gasteiger partial charge in [0.2, 0.25) is 0 Å². The average molecular weight is 404 g/mol. The Kier molecular flexibility index (Phi) is 24.7. The maximum absolute atomic E-state index is 8.84. The Bertz CT molecular complexity index is 265. The highest BCUT2D eigenvalue weighted by molar-refractivity contribution is 4.49. The van der Waals surface area contributed by atoms with Crippen molar-refractivity contribution >= 4 is 0 Å². The normalized spacial score (nSPS) is 11.6. The van der Waals surface area contributed by atoms with E-state index < -0.39 is 0 Å². The van der Waals surface area contributed by atoms with Crippen molar-refractivity contribution in [2.45, 2.75) is 116 Å². The second-order valence-electron chi connectivity index (χ2n) is 7.83. The molecule has 5 nitrogen and oxygen atoms in total. The van der Waals surface area contributed by atoms with Crippen LogP contribution in [0.4, 0.5) is 0 Å². The van der Waals surface area contributed by atoms with Crippen LogP contribution in [0.3, 0.4) is 0 Å². The maximum atomic E-state index is 8.84. The van der Waals surface area contributed by atoms with Gasteiger partial charge in [-0.05, 0) is 44.9 Å². The van der Waals surface area contributed by atoms with Crippen LogP contribution in [0.2, 0.25) is 0 Å². The Balaban J connectivity index is 3.66. The zero-order valence-corrected chi connectivity index (χ0v) is 18.7. The molecule has 0 aliphatic carbocycles. The lowest BCUT2D eigenvalue weighted by atomic mass is 10.1. The van der Waals surface area contributed by atoms with E-state index in [4.69, 9.17) is 19.9 Å². The van der Waals surface area contributed by atoms with E-state index in [1.807, 2.05) is 0 Å². The van der Waals surface area contributed by atoms with Crippen LogP contribution in [0, 0.1) is 0 Å². The largest absolute Gasteiger partial charge is 0.396 e. The third kappa shape index (κ3) is 22.1. The molecule has 0 aliphatic heterocycles. The number of hydrogen-bond acceptors (Lipinski definition) is 5. The van der Waals surface area contributed by atoms with Crippen LogP contribution in [0.15, 0.2) is 0 Å². The first-order chi connectivity index (χ1) is 13.8. The fourth-order valence-electron chi connectivity index (χ4n) is 3.19. The van der Waals surface area contributed by atoms with Crippen LogP contribution in [-0.2, 0) is 9.68 Å². The van der Waals surface area contributed by atoms with Gasteiger partial charge in [0.05, 0.1) is 19.8 Å². The van der Waals surface area contributed by atoms with E-state index in [0.717, 1.165) is 51.5 Å². The maximum Gasteiger partial charge on any atom is 0.0711 e. The summed E-state index contributed by atoms with van der Waals surface area (Å²) in [6, 6.07) is 0. The van der Waals surface area contributed by atoms with Crippen molar-refractivity contribution in [3.05, 3.63) is 0 Å². The number of rotatable bonds is 24. The first kappa shape index (κ1) is 27.8. The molecule has 0 saturated carbocycles. The van der Waals surface area contributed by atoms with Gasteiger partial charge in [0.15, 0.2) is 0 Å². The Hall–Kier alpha value is -0.200. The predicted molar refractivity (Wildman–Crippen MR) is 117 cm³/mol. The van der Waals surface area contributed by atoms with Crippen LogP contribution in [0.1, 0.15) is 116 Å². The third-order valence-electron chi connectivity index (χ3n) is 5.02. The second kappa shape index (κ2) is 24.8. The smallest absolute Gasteiger partial charge is 0.0711 e. The molecule has 0 spiro atoms. The molecular formula is C23H49NO4. The summed E-state index contributed by atoms with van der Waals surface area (Å²) in [4.78, 5) is 11.5. The van der Waals surface area contributed by atoms with Gasteiger partial charge < -0.3 is 10.2 Å². The molecule has 2 N–H and O–H groups in total. The molecular weight excluding hydrogens is 354 g/mol. The quantitative estimate of drug-likeness (QED) is 0.158. The number of aliphatic hydroxyl groups excluding tert-OH is 2. The van der Waals surface area contributed by atoms with E-state index in [0.29, 0.717) is 13.2 Å². The van der Waals surface area contributed by atoms with Crippen molar-refractivity contribution in [1.82, 2.24) is 5.23 Å². The zero-order valence-electron chi connectivity index (χ0n) is 18.7. The molecule has 0 fully saturated rings. The number of unbranched alkanes of at least 4 members (excludes halogenated alkanes) is 14. The Morgan fingerprint density at radius 1 is 0.500 bits per heavy atom. The average Bonchev–Trinajstić information content (AvgIpc) is 2.71. The summed E-state index contributed by atoms with van der Waals surface area (Å²) in [5, 5.41) is 19.3. The molecule has 0 unspecified atom stereocenters. The third-order valence-corrected chi connectivity index (χ3v) is 5.02. The van der Waals surface area contributed by atoms with Gasteiger partial charge >= 0.3 is 0 Å². The van der Waals surface area contributed by atoms with Crippen molar-refractivity contribution in [1.29, 1.82) is 0 Å². The summed E-state index contributed by atoms with van der Waals surface area (Å²) in [6.45, 7) is 4.89. The van der Waals surface area contributed by atoms with Crippen LogP contribution in [0.5, 0.6) is 0 Å². The van der Waals surface area contributed by atoms with E-state index in [1.165, 1.54) is 64.2 Å². The Labute approximate surface area is 174 Å². The molecule has 0 heterocycles. The number of nitrogens with zero attached hydrogens (tertiary/aromatic N) is 1. The minimum atomic E-state index is 0.254. The van der Waals surface area contributed by atoms with E-state index in [9.17, 15) is 0 Å². The molecule has 0 radical (unpaired) electrons. The van der Waals surface area contributed by atoms with Gasteiger partial charge in [-0.15, -0.1) is 0 Å². The fraction of sp³-hybridized carbons (Fsp3) is 1.00. The van der Waals surface area contributed by atoms with E-state index in [2.05, 4.69) is 6.92 Å². The van der Waals surface area contributed by atoms with Crippen molar-refractivity contribution in [3.63, 3.8) is 0 Å². The van der Waals surface area contributed by atoms with Gasteiger partial charge in [0.25, 0.3) is 0 Å². The monoisotopic (exact) mass is 403 g/mol. The van der Waals surface area contributed by atoms with Crippen molar-refractivity contribution in [2.75, 3.05) is 33.0 Å². The molecule has 0 bridgehead atoms.